The highest BCUT2D eigenvalue weighted by Gasteiger charge is 2.23. The molecule has 1 amide bonds. The van der Waals surface area contributed by atoms with Crippen LogP contribution in [0.2, 0.25) is 0 Å². The van der Waals surface area contributed by atoms with Crippen LogP contribution in [0.5, 0.6) is 0 Å². The van der Waals surface area contributed by atoms with E-state index in [0.717, 1.165) is 11.4 Å². The number of aryl methyl sites for hydroxylation is 1. The molecule has 6 heteroatoms. The summed E-state index contributed by atoms with van der Waals surface area (Å²) in [5.74, 6) is -0.250. The Morgan fingerprint density at radius 2 is 2.00 bits per heavy atom. The van der Waals surface area contributed by atoms with E-state index < -0.39 is 5.60 Å². The van der Waals surface area contributed by atoms with Crippen LogP contribution >= 0.6 is 11.3 Å². The fourth-order valence-corrected chi connectivity index (χ4v) is 3.28. The van der Waals surface area contributed by atoms with Crippen molar-refractivity contribution in [3.05, 3.63) is 51.5 Å². The number of carbonyl (C=O) groups excluding carboxylic acids is 1. The van der Waals surface area contributed by atoms with Gasteiger partial charge in [-0.1, -0.05) is 29.8 Å². The highest BCUT2D eigenvalue weighted by Crippen LogP contribution is 2.15. The van der Waals surface area contributed by atoms with Crippen molar-refractivity contribution in [2.24, 2.45) is 0 Å². The number of amides is 1. The van der Waals surface area contributed by atoms with Crippen LogP contribution < -0.4 is 5.32 Å². The molecule has 1 aromatic heterocycles. The Hall–Kier alpha value is -1.76. The quantitative estimate of drug-likeness (QED) is 0.805. The summed E-state index contributed by atoms with van der Waals surface area (Å²) in [5.41, 5.74) is 1.83. The molecule has 0 saturated heterocycles. The molecule has 2 aromatic rings. The van der Waals surface area contributed by atoms with Gasteiger partial charge in [-0.25, -0.2) is 4.98 Å². The zero-order valence-electron chi connectivity index (χ0n) is 14.7. The third-order valence-electron chi connectivity index (χ3n) is 3.55. The molecule has 130 valence electrons. The molecule has 0 spiro atoms. The van der Waals surface area contributed by atoms with Gasteiger partial charge in [-0.15, -0.1) is 11.3 Å². The maximum absolute atomic E-state index is 12.2. The molecule has 1 unspecified atom stereocenters. The van der Waals surface area contributed by atoms with Gasteiger partial charge in [-0.2, -0.15) is 0 Å². The first-order chi connectivity index (χ1) is 11.2. The molecule has 0 aliphatic heterocycles. The summed E-state index contributed by atoms with van der Waals surface area (Å²) in [4.78, 5) is 18.5. The molecule has 0 radical (unpaired) electrons. The molecule has 1 atom stereocenters. The van der Waals surface area contributed by atoms with Crippen molar-refractivity contribution in [1.29, 1.82) is 0 Å². The van der Waals surface area contributed by atoms with Gasteiger partial charge in [0.15, 0.2) is 0 Å². The summed E-state index contributed by atoms with van der Waals surface area (Å²) < 4.78 is 0. The second kappa shape index (κ2) is 7.88. The van der Waals surface area contributed by atoms with Crippen molar-refractivity contribution in [2.45, 2.75) is 25.9 Å². The van der Waals surface area contributed by atoms with Crippen LogP contribution in [0.25, 0.3) is 0 Å². The lowest BCUT2D eigenvalue weighted by Gasteiger charge is -2.26. The largest absolute Gasteiger partial charge is 0.387 e. The van der Waals surface area contributed by atoms with Crippen LogP contribution in [0.4, 0.5) is 0 Å². The normalized spacial score (nSPS) is 13.8. The van der Waals surface area contributed by atoms with E-state index in [1.807, 2.05) is 19.0 Å². The molecule has 24 heavy (non-hydrogen) atoms. The Bertz CT molecular complexity index is 678. The molecule has 0 bridgehead atoms. The molecule has 2 rings (SSSR count). The van der Waals surface area contributed by atoms with Gasteiger partial charge < -0.3 is 15.3 Å². The van der Waals surface area contributed by atoms with Gasteiger partial charge in [0.2, 0.25) is 0 Å². The number of nitrogens with zero attached hydrogens (tertiary/aromatic N) is 2. The first kappa shape index (κ1) is 18.6. The van der Waals surface area contributed by atoms with Crippen molar-refractivity contribution in [2.75, 3.05) is 27.2 Å². The lowest BCUT2D eigenvalue weighted by molar-refractivity contribution is 0.0325. The number of aliphatic hydroxyl groups is 1. The number of carbonyl (C=O) groups is 1. The highest BCUT2D eigenvalue weighted by atomic mass is 32.1. The number of benzene rings is 1. The summed E-state index contributed by atoms with van der Waals surface area (Å²) in [7, 11) is 3.77. The van der Waals surface area contributed by atoms with E-state index in [9.17, 15) is 9.90 Å². The molecule has 0 aliphatic carbocycles. The van der Waals surface area contributed by atoms with Crippen LogP contribution in [0.3, 0.4) is 0 Å². The minimum atomic E-state index is -0.972. The zero-order valence-corrected chi connectivity index (χ0v) is 15.5. The number of rotatable bonds is 7. The summed E-state index contributed by atoms with van der Waals surface area (Å²) in [6.45, 7) is 4.43. The van der Waals surface area contributed by atoms with Crippen molar-refractivity contribution in [1.82, 2.24) is 15.2 Å². The zero-order chi connectivity index (χ0) is 17.7. The summed E-state index contributed by atoms with van der Waals surface area (Å²) >= 11 is 1.48. The van der Waals surface area contributed by atoms with Gasteiger partial charge in [0.05, 0.1) is 10.6 Å². The van der Waals surface area contributed by atoms with E-state index in [0.29, 0.717) is 12.2 Å². The summed E-state index contributed by atoms with van der Waals surface area (Å²) in [6.07, 6.45) is 0.719. The van der Waals surface area contributed by atoms with E-state index in [2.05, 4.69) is 41.5 Å². The minimum absolute atomic E-state index is 0.189. The van der Waals surface area contributed by atoms with Gasteiger partial charge in [-0.05, 0) is 33.5 Å². The van der Waals surface area contributed by atoms with Crippen molar-refractivity contribution < 1.29 is 9.90 Å². The minimum Gasteiger partial charge on any atom is -0.387 e. The standard InChI is InChI=1S/C18H25N3O2S/c1-13-5-7-14(8-6-13)9-16-20-15(10-24-16)17(22)19-11-18(2,23)12-21(3)4/h5-8,10,23H,9,11-12H2,1-4H3,(H,19,22). The Morgan fingerprint density at radius 3 is 2.62 bits per heavy atom. The van der Waals surface area contributed by atoms with E-state index in [1.165, 1.54) is 22.5 Å². The number of hydrogen-bond acceptors (Lipinski definition) is 5. The van der Waals surface area contributed by atoms with Crippen molar-refractivity contribution in [3.8, 4) is 0 Å². The topological polar surface area (TPSA) is 65.5 Å². The first-order valence-electron chi connectivity index (χ1n) is 7.90. The van der Waals surface area contributed by atoms with Gasteiger partial charge in [0, 0.05) is 24.9 Å². The highest BCUT2D eigenvalue weighted by molar-refractivity contribution is 7.09. The van der Waals surface area contributed by atoms with Gasteiger partial charge >= 0.3 is 0 Å². The second-order valence-electron chi connectivity index (χ2n) is 6.71. The second-order valence-corrected chi connectivity index (χ2v) is 7.65. The molecule has 1 aromatic carbocycles. The SMILES string of the molecule is Cc1ccc(Cc2nc(C(=O)NCC(C)(O)CN(C)C)cs2)cc1. The van der Waals surface area contributed by atoms with Crippen LogP contribution in [0, 0.1) is 6.92 Å². The van der Waals surface area contributed by atoms with Crippen LogP contribution in [-0.4, -0.2) is 53.7 Å². The Kier molecular flexibility index (Phi) is 6.10. The molecule has 0 fully saturated rings. The van der Waals surface area contributed by atoms with Gasteiger partial charge in [0.1, 0.15) is 5.69 Å². The monoisotopic (exact) mass is 347 g/mol. The molecule has 1 heterocycles. The van der Waals surface area contributed by atoms with Crippen LogP contribution in [-0.2, 0) is 6.42 Å². The van der Waals surface area contributed by atoms with Crippen LogP contribution in [0.1, 0.15) is 33.5 Å². The summed E-state index contributed by atoms with van der Waals surface area (Å²) in [6, 6.07) is 8.30. The molecule has 5 nitrogen and oxygen atoms in total. The number of aromatic nitrogens is 1. The Morgan fingerprint density at radius 1 is 1.33 bits per heavy atom. The predicted molar refractivity (Wildman–Crippen MR) is 97.6 cm³/mol. The Labute approximate surface area is 147 Å². The van der Waals surface area contributed by atoms with Gasteiger partial charge in [0.25, 0.3) is 5.91 Å². The first-order valence-corrected chi connectivity index (χ1v) is 8.78. The Balaban J connectivity index is 1.92. The fraction of sp³-hybridized carbons (Fsp3) is 0.444. The van der Waals surface area contributed by atoms with Crippen molar-refractivity contribution in [3.63, 3.8) is 0 Å². The van der Waals surface area contributed by atoms with E-state index >= 15 is 0 Å². The fourth-order valence-electron chi connectivity index (χ4n) is 2.48. The average molecular weight is 347 g/mol. The smallest absolute Gasteiger partial charge is 0.270 e. The lowest BCUT2D eigenvalue weighted by atomic mass is 10.1. The average Bonchev–Trinajstić information content (AvgIpc) is 2.94. The summed E-state index contributed by atoms with van der Waals surface area (Å²) in [5, 5.41) is 15.7. The van der Waals surface area contributed by atoms with E-state index in [1.54, 1.807) is 12.3 Å². The molecule has 2 N–H and O–H groups in total. The van der Waals surface area contributed by atoms with E-state index in [-0.39, 0.29) is 12.5 Å². The predicted octanol–water partition coefficient (Wildman–Crippen LogP) is 2.08. The molecule has 0 saturated carbocycles. The van der Waals surface area contributed by atoms with Gasteiger partial charge in [-0.3, -0.25) is 4.79 Å². The third kappa shape index (κ3) is 5.70. The van der Waals surface area contributed by atoms with E-state index in [4.69, 9.17) is 0 Å². The maximum Gasteiger partial charge on any atom is 0.270 e. The molecular weight excluding hydrogens is 322 g/mol. The molecular formula is C18H25N3O2S. The third-order valence-corrected chi connectivity index (χ3v) is 4.40. The number of thiazole rings is 1. The lowest BCUT2D eigenvalue weighted by Crippen LogP contribution is -2.47. The number of hydrogen-bond donors (Lipinski definition) is 2. The number of nitrogens with one attached hydrogen (secondary N) is 1. The van der Waals surface area contributed by atoms with Crippen molar-refractivity contribution >= 4 is 17.2 Å². The number of likely N-dealkylation sites (N-methyl/N-ethyl adjacent to an activating group) is 1. The maximum atomic E-state index is 12.2. The van der Waals surface area contributed by atoms with Crippen LogP contribution in [0.15, 0.2) is 29.6 Å². The molecule has 0 aliphatic rings.